The number of rotatable bonds is 3. The Kier molecular flexibility index (Phi) is 10.4. The van der Waals surface area contributed by atoms with Gasteiger partial charge in [0.15, 0.2) is 6.29 Å². The summed E-state index contributed by atoms with van der Waals surface area (Å²) in [5, 5.41) is 26.9. The van der Waals surface area contributed by atoms with Crippen LogP contribution in [0.2, 0.25) is 0 Å². The van der Waals surface area contributed by atoms with Crippen LogP contribution in [0.25, 0.3) is 0 Å². The van der Waals surface area contributed by atoms with E-state index >= 15 is 0 Å². The number of phosphoric acid groups is 1. The molecule has 0 bridgehead atoms. The second-order valence-electron chi connectivity index (χ2n) is 2.79. The minimum atomic E-state index is -5.14. The zero-order chi connectivity index (χ0) is 10.9. The third-order valence-electron chi connectivity index (χ3n) is 1.73. The molecule has 1 saturated heterocycles. The van der Waals surface area contributed by atoms with Crippen LogP contribution in [0.3, 0.4) is 0 Å². The van der Waals surface area contributed by atoms with Crippen LogP contribution in [0.15, 0.2) is 0 Å². The van der Waals surface area contributed by atoms with Gasteiger partial charge in [-0.1, -0.05) is 0 Å². The monoisotopic (exact) mass is 274 g/mol. The maximum absolute atomic E-state index is 10.0. The van der Waals surface area contributed by atoms with Crippen molar-refractivity contribution in [3.8, 4) is 0 Å². The molecule has 1 aliphatic heterocycles. The van der Waals surface area contributed by atoms with E-state index in [1.807, 2.05) is 0 Å². The summed E-state index contributed by atoms with van der Waals surface area (Å²) < 4.78 is 18.4. The van der Waals surface area contributed by atoms with Crippen LogP contribution < -0.4 is 68.9 Å². The van der Waals surface area contributed by atoms with Crippen LogP contribution in [0, 0.1) is 0 Å². The average Bonchev–Trinajstić information content (AvgIpc) is 2.28. The molecule has 1 aliphatic rings. The van der Waals surface area contributed by atoms with Crippen molar-refractivity contribution in [1.29, 1.82) is 0 Å². The van der Waals surface area contributed by atoms with Gasteiger partial charge in [-0.05, 0) is 0 Å². The van der Waals surface area contributed by atoms with Gasteiger partial charge in [0.2, 0.25) is 0 Å². The Bertz CT molecular complexity index is 247. The first-order valence-electron chi connectivity index (χ1n) is 3.67. The van der Waals surface area contributed by atoms with Crippen LogP contribution in [0.1, 0.15) is 0 Å². The Morgan fingerprint density at radius 3 is 2.00 bits per heavy atom. The number of hydrogen-bond acceptors (Lipinski definition) is 8. The van der Waals surface area contributed by atoms with Crippen LogP contribution in [0.4, 0.5) is 0 Å². The number of hydrogen-bond donors (Lipinski definition) is 3. The Hall–Kier alpha value is 1.95. The van der Waals surface area contributed by atoms with Gasteiger partial charge < -0.3 is 38.9 Å². The predicted molar refractivity (Wildman–Crippen MR) is 36.5 cm³/mol. The van der Waals surface area contributed by atoms with Crippen molar-refractivity contribution in [3.63, 3.8) is 0 Å². The molecule has 16 heavy (non-hydrogen) atoms. The standard InChI is InChI=1S/C5H11O8P.2Na/c6-3-2(1-12-14(9,10)11)13-5(8)4(3)7;;/h2-8H,1H2,(H2,9,10,11);;/q;2*+1/p-2/t2-,3+,4?,5?;;/m1../s1. The quantitative estimate of drug-likeness (QED) is 0.340. The molecule has 0 radical (unpaired) electrons. The predicted octanol–water partition coefficient (Wildman–Crippen LogP) is -9.72. The van der Waals surface area contributed by atoms with E-state index in [4.69, 9.17) is 15.3 Å². The van der Waals surface area contributed by atoms with E-state index in [9.17, 15) is 14.4 Å². The summed E-state index contributed by atoms with van der Waals surface area (Å²) in [5.74, 6) is 0. The SMILES string of the molecule is O=P([O-])([O-])OC[C@H]1OC(O)C(O)[C@H]1O.[Na+].[Na+]. The van der Waals surface area contributed by atoms with E-state index in [1.165, 1.54) is 0 Å². The Balaban J connectivity index is 0. The van der Waals surface area contributed by atoms with Crippen LogP contribution >= 0.6 is 7.82 Å². The molecule has 0 spiro atoms. The van der Waals surface area contributed by atoms with Gasteiger partial charge in [-0.15, -0.1) is 0 Å². The van der Waals surface area contributed by atoms with Crippen LogP contribution in [0.5, 0.6) is 0 Å². The summed E-state index contributed by atoms with van der Waals surface area (Å²) >= 11 is 0. The van der Waals surface area contributed by atoms with E-state index in [0.717, 1.165) is 0 Å². The van der Waals surface area contributed by atoms with Gasteiger partial charge in [-0.2, -0.15) is 0 Å². The molecule has 0 aliphatic carbocycles. The number of ether oxygens (including phenoxy) is 1. The molecule has 1 rings (SSSR count). The van der Waals surface area contributed by atoms with Gasteiger partial charge in [0.1, 0.15) is 18.3 Å². The van der Waals surface area contributed by atoms with Crippen LogP contribution in [-0.4, -0.2) is 46.5 Å². The third-order valence-corrected chi connectivity index (χ3v) is 2.20. The first-order chi connectivity index (χ1) is 6.31. The summed E-state index contributed by atoms with van der Waals surface area (Å²) in [6.45, 7) is -0.737. The fraction of sp³-hybridized carbons (Fsp3) is 1.00. The van der Waals surface area contributed by atoms with Crippen molar-refractivity contribution >= 4 is 7.82 Å². The molecule has 4 atom stereocenters. The number of aliphatic hydroxyl groups is 3. The van der Waals surface area contributed by atoms with Gasteiger partial charge in [-0.3, -0.25) is 0 Å². The fourth-order valence-electron chi connectivity index (χ4n) is 1.03. The maximum atomic E-state index is 10.0. The molecule has 0 amide bonds. The zero-order valence-electron chi connectivity index (χ0n) is 8.85. The smallest absolute Gasteiger partial charge is 0.790 e. The van der Waals surface area contributed by atoms with Crippen LogP contribution in [-0.2, 0) is 13.8 Å². The zero-order valence-corrected chi connectivity index (χ0v) is 13.7. The molecule has 1 fully saturated rings. The summed E-state index contributed by atoms with van der Waals surface area (Å²) in [5.41, 5.74) is 0. The van der Waals surface area contributed by atoms with E-state index < -0.39 is 39.0 Å². The minimum Gasteiger partial charge on any atom is -0.790 e. The molecule has 84 valence electrons. The van der Waals surface area contributed by atoms with E-state index in [0.29, 0.717) is 0 Å². The molecule has 2 unspecified atom stereocenters. The minimum absolute atomic E-state index is 0. The molecule has 3 N–H and O–H groups in total. The molecule has 8 nitrogen and oxygen atoms in total. The summed E-state index contributed by atoms with van der Waals surface area (Å²) in [7, 11) is -5.14. The van der Waals surface area contributed by atoms with Crippen molar-refractivity contribution in [2.75, 3.05) is 6.61 Å². The molecule has 0 saturated carbocycles. The second-order valence-corrected chi connectivity index (χ2v) is 3.94. The van der Waals surface area contributed by atoms with Crippen molar-refractivity contribution in [2.45, 2.75) is 24.6 Å². The van der Waals surface area contributed by atoms with Gasteiger partial charge >= 0.3 is 59.1 Å². The first-order valence-corrected chi connectivity index (χ1v) is 5.13. The second kappa shape index (κ2) is 8.19. The van der Waals surface area contributed by atoms with Gasteiger partial charge in [0, 0.05) is 0 Å². The van der Waals surface area contributed by atoms with Crippen molar-refractivity contribution < 1.29 is 98.0 Å². The fourth-order valence-corrected chi connectivity index (χ4v) is 1.36. The van der Waals surface area contributed by atoms with E-state index in [-0.39, 0.29) is 59.1 Å². The topological polar surface area (TPSA) is 142 Å². The molecule has 0 aromatic heterocycles. The number of phosphoric ester groups is 1. The van der Waals surface area contributed by atoms with Crippen molar-refractivity contribution in [2.24, 2.45) is 0 Å². The van der Waals surface area contributed by atoms with Crippen molar-refractivity contribution in [1.82, 2.24) is 0 Å². The normalized spacial score (nSPS) is 34.1. The molecule has 0 aromatic carbocycles. The van der Waals surface area contributed by atoms with E-state index in [2.05, 4.69) is 9.26 Å². The first kappa shape index (κ1) is 20.3. The molecule has 1 heterocycles. The van der Waals surface area contributed by atoms with E-state index in [1.54, 1.807) is 0 Å². The molecular formula is C5H9Na2O8P. The van der Waals surface area contributed by atoms with Crippen molar-refractivity contribution in [3.05, 3.63) is 0 Å². The Morgan fingerprint density at radius 1 is 1.19 bits per heavy atom. The van der Waals surface area contributed by atoms with Gasteiger partial charge in [0.05, 0.1) is 14.4 Å². The maximum Gasteiger partial charge on any atom is 1.00 e. The van der Waals surface area contributed by atoms with Gasteiger partial charge in [-0.25, -0.2) is 0 Å². The Morgan fingerprint density at radius 2 is 1.69 bits per heavy atom. The van der Waals surface area contributed by atoms with Gasteiger partial charge in [0.25, 0.3) is 0 Å². The number of aliphatic hydroxyl groups excluding tert-OH is 3. The molecule has 0 aromatic rings. The molecule has 11 heteroatoms. The largest absolute Gasteiger partial charge is 1.00 e. The Labute approximate surface area is 136 Å². The molecular weight excluding hydrogens is 265 g/mol. The summed E-state index contributed by atoms with van der Waals surface area (Å²) in [4.78, 5) is 20.1. The third kappa shape index (κ3) is 6.21. The summed E-state index contributed by atoms with van der Waals surface area (Å²) in [6, 6.07) is 0. The summed E-state index contributed by atoms with van der Waals surface area (Å²) in [6.07, 6.45) is -5.88. The average molecular weight is 274 g/mol.